The third-order valence-corrected chi connectivity index (χ3v) is 5.68. The number of anilines is 1. The Morgan fingerprint density at radius 3 is 2.38 bits per heavy atom. The van der Waals surface area contributed by atoms with E-state index in [-0.39, 0.29) is 23.4 Å². The molecule has 1 heterocycles. The Morgan fingerprint density at radius 2 is 1.69 bits per heavy atom. The molecule has 0 aliphatic carbocycles. The van der Waals surface area contributed by atoms with Crippen molar-refractivity contribution in [3.05, 3.63) is 70.2 Å². The third-order valence-electron chi connectivity index (χ3n) is 4.78. The summed E-state index contributed by atoms with van der Waals surface area (Å²) in [6.07, 6.45) is 0. The first-order chi connectivity index (χ1) is 15.6. The normalized spacial score (nSPS) is 10.7. The Kier molecular flexibility index (Phi) is 8.70. The summed E-state index contributed by atoms with van der Waals surface area (Å²) >= 11 is 1.18. The number of para-hydroxylation sites is 1. The lowest BCUT2D eigenvalue weighted by atomic mass is 10.2. The SMILES string of the molecule is CCN(CC)CCNC(=O)c1ccc(NC(=O)c2nnc(COc3ccccc3)s2)cc1. The highest BCUT2D eigenvalue weighted by atomic mass is 32.1. The van der Waals surface area contributed by atoms with E-state index >= 15 is 0 Å². The molecule has 8 nitrogen and oxygen atoms in total. The first kappa shape index (κ1) is 23.4. The summed E-state index contributed by atoms with van der Waals surface area (Å²) in [5.74, 6) is 0.234. The highest BCUT2D eigenvalue weighted by Gasteiger charge is 2.14. The van der Waals surface area contributed by atoms with Crippen LogP contribution in [0.4, 0.5) is 5.69 Å². The number of hydrogen-bond acceptors (Lipinski definition) is 7. The van der Waals surface area contributed by atoms with E-state index in [1.165, 1.54) is 11.3 Å². The Balaban J connectivity index is 1.48. The van der Waals surface area contributed by atoms with Gasteiger partial charge >= 0.3 is 0 Å². The number of aromatic nitrogens is 2. The zero-order chi connectivity index (χ0) is 22.8. The molecule has 3 aromatic rings. The second-order valence-electron chi connectivity index (χ2n) is 6.92. The highest BCUT2D eigenvalue weighted by Crippen LogP contribution is 2.17. The predicted octanol–water partition coefficient (Wildman–Crippen LogP) is 3.44. The van der Waals surface area contributed by atoms with E-state index in [1.807, 2.05) is 30.3 Å². The topological polar surface area (TPSA) is 96.5 Å². The number of nitrogens with one attached hydrogen (secondary N) is 2. The van der Waals surface area contributed by atoms with Gasteiger partial charge in [-0.2, -0.15) is 0 Å². The maximum atomic E-state index is 12.5. The Bertz CT molecular complexity index is 1000. The fourth-order valence-corrected chi connectivity index (χ4v) is 3.57. The van der Waals surface area contributed by atoms with E-state index in [4.69, 9.17) is 4.74 Å². The van der Waals surface area contributed by atoms with Crippen LogP contribution in [0.5, 0.6) is 5.75 Å². The molecule has 2 N–H and O–H groups in total. The molecule has 0 saturated carbocycles. The summed E-state index contributed by atoms with van der Waals surface area (Å²) in [6.45, 7) is 7.75. The molecule has 0 saturated heterocycles. The summed E-state index contributed by atoms with van der Waals surface area (Å²) in [4.78, 5) is 27.0. The minimum absolute atomic E-state index is 0.137. The first-order valence-electron chi connectivity index (χ1n) is 10.5. The summed E-state index contributed by atoms with van der Waals surface area (Å²) in [7, 11) is 0. The van der Waals surface area contributed by atoms with Gasteiger partial charge in [-0.15, -0.1) is 10.2 Å². The van der Waals surface area contributed by atoms with Crippen LogP contribution in [0, 0.1) is 0 Å². The van der Waals surface area contributed by atoms with Gasteiger partial charge in [-0.3, -0.25) is 9.59 Å². The van der Waals surface area contributed by atoms with Crippen molar-refractivity contribution in [2.45, 2.75) is 20.5 Å². The Morgan fingerprint density at radius 1 is 0.969 bits per heavy atom. The molecular weight excluding hydrogens is 426 g/mol. The first-order valence-corrected chi connectivity index (χ1v) is 11.3. The van der Waals surface area contributed by atoms with Crippen LogP contribution >= 0.6 is 11.3 Å². The number of likely N-dealkylation sites (N-methyl/N-ethyl adjacent to an activating group) is 1. The molecule has 32 heavy (non-hydrogen) atoms. The van der Waals surface area contributed by atoms with Crippen molar-refractivity contribution >= 4 is 28.8 Å². The fraction of sp³-hybridized carbons (Fsp3) is 0.304. The maximum absolute atomic E-state index is 12.5. The minimum Gasteiger partial charge on any atom is -0.486 e. The molecule has 0 radical (unpaired) electrons. The predicted molar refractivity (Wildman–Crippen MR) is 125 cm³/mol. The van der Waals surface area contributed by atoms with Gasteiger partial charge < -0.3 is 20.3 Å². The van der Waals surface area contributed by atoms with Gasteiger partial charge in [0, 0.05) is 24.3 Å². The zero-order valence-corrected chi connectivity index (χ0v) is 19.0. The third kappa shape index (κ3) is 6.86. The maximum Gasteiger partial charge on any atom is 0.286 e. The number of ether oxygens (including phenoxy) is 1. The number of carbonyl (C=O) groups is 2. The fourth-order valence-electron chi connectivity index (χ4n) is 2.92. The molecule has 0 spiro atoms. The number of carbonyl (C=O) groups excluding carboxylic acids is 2. The molecule has 168 valence electrons. The molecule has 0 atom stereocenters. The lowest BCUT2D eigenvalue weighted by molar-refractivity contribution is 0.0948. The van der Waals surface area contributed by atoms with E-state index in [0.29, 0.717) is 22.8 Å². The average molecular weight is 454 g/mol. The van der Waals surface area contributed by atoms with Crippen LogP contribution < -0.4 is 15.4 Å². The molecule has 3 rings (SSSR count). The lowest BCUT2D eigenvalue weighted by Crippen LogP contribution is -2.34. The van der Waals surface area contributed by atoms with Gasteiger partial charge in [-0.05, 0) is 49.5 Å². The summed E-state index contributed by atoms with van der Waals surface area (Å²) < 4.78 is 5.63. The number of hydrogen-bond donors (Lipinski definition) is 2. The summed E-state index contributed by atoms with van der Waals surface area (Å²) in [6, 6.07) is 16.1. The molecule has 0 aliphatic heterocycles. The lowest BCUT2D eigenvalue weighted by Gasteiger charge is -2.17. The van der Waals surface area contributed by atoms with Gasteiger partial charge in [0.1, 0.15) is 12.4 Å². The van der Waals surface area contributed by atoms with E-state index in [2.05, 4.69) is 39.6 Å². The number of nitrogens with zero attached hydrogens (tertiary/aromatic N) is 3. The van der Waals surface area contributed by atoms with Gasteiger partial charge in [0.05, 0.1) is 0 Å². The van der Waals surface area contributed by atoms with Gasteiger partial charge in [0.25, 0.3) is 11.8 Å². The molecule has 0 aliphatic rings. The van der Waals surface area contributed by atoms with Gasteiger partial charge in [0.2, 0.25) is 5.01 Å². The second-order valence-corrected chi connectivity index (χ2v) is 7.98. The van der Waals surface area contributed by atoms with Crippen LogP contribution in [-0.4, -0.2) is 53.1 Å². The van der Waals surface area contributed by atoms with Crippen LogP contribution in [0.3, 0.4) is 0 Å². The smallest absolute Gasteiger partial charge is 0.286 e. The van der Waals surface area contributed by atoms with Gasteiger partial charge in [0.15, 0.2) is 5.01 Å². The Hall–Kier alpha value is -3.30. The molecule has 2 amide bonds. The number of benzene rings is 2. The van der Waals surface area contributed by atoms with Crippen LogP contribution in [0.25, 0.3) is 0 Å². The standard InChI is InChI=1S/C23H27N5O3S/c1-3-28(4-2)15-14-24-21(29)17-10-12-18(13-11-17)25-22(30)23-27-26-20(32-23)16-31-19-8-6-5-7-9-19/h5-13H,3-4,14-16H2,1-2H3,(H,24,29)(H,25,30). The monoisotopic (exact) mass is 453 g/mol. The van der Waals surface area contributed by atoms with Crippen molar-refractivity contribution in [1.29, 1.82) is 0 Å². The van der Waals surface area contributed by atoms with E-state index in [1.54, 1.807) is 24.3 Å². The number of amides is 2. The van der Waals surface area contributed by atoms with Crippen molar-refractivity contribution < 1.29 is 14.3 Å². The summed E-state index contributed by atoms with van der Waals surface area (Å²) in [5.41, 5.74) is 1.12. The zero-order valence-electron chi connectivity index (χ0n) is 18.2. The van der Waals surface area contributed by atoms with Crippen LogP contribution in [0.1, 0.15) is 39.0 Å². The van der Waals surface area contributed by atoms with Crippen LogP contribution in [-0.2, 0) is 6.61 Å². The van der Waals surface area contributed by atoms with Crippen LogP contribution in [0.15, 0.2) is 54.6 Å². The van der Waals surface area contributed by atoms with Crippen LogP contribution in [0.2, 0.25) is 0 Å². The number of rotatable bonds is 11. The quantitative estimate of drug-likeness (QED) is 0.462. The van der Waals surface area contributed by atoms with Crippen molar-refractivity contribution in [3.63, 3.8) is 0 Å². The van der Waals surface area contributed by atoms with Gasteiger partial charge in [-0.1, -0.05) is 43.4 Å². The largest absolute Gasteiger partial charge is 0.486 e. The Labute approximate surface area is 191 Å². The van der Waals surface area contributed by atoms with E-state index in [0.717, 1.165) is 25.4 Å². The van der Waals surface area contributed by atoms with Crippen molar-refractivity contribution in [3.8, 4) is 5.75 Å². The van der Waals surface area contributed by atoms with Crippen molar-refractivity contribution in [2.75, 3.05) is 31.5 Å². The molecule has 9 heteroatoms. The molecule has 1 aromatic heterocycles. The van der Waals surface area contributed by atoms with Gasteiger partial charge in [-0.25, -0.2) is 0 Å². The van der Waals surface area contributed by atoms with E-state index < -0.39 is 0 Å². The molecule has 0 unspecified atom stereocenters. The minimum atomic E-state index is -0.357. The second kappa shape index (κ2) is 11.9. The van der Waals surface area contributed by atoms with Crippen molar-refractivity contribution in [1.82, 2.24) is 20.4 Å². The molecule has 0 fully saturated rings. The average Bonchev–Trinajstić information content (AvgIpc) is 3.31. The molecular formula is C23H27N5O3S. The highest BCUT2D eigenvalue weighted by molar-refractivity contribution is 7.13. The molecule has 2 aromatic carbocycles. The molecule has 0 bridgehead atoms. The van der Waals surface area contributed by atoms with Crippen molar-refractivity contribution in [2.24, 2.45) is 0 Å². The summed E-state index contributed by atoms with van der Waals surface area (Å²) in [5, 5.41) is 14.5. The van der Waals surface area contributed by atoms with E-state index in [9.17, 15) is 9.59 Å².